The first kappa shape index (κ1) is 7.84. The van der Waals surface area contributed by atoms with Crippen LogP contribution < -0.4 is 5.73 Å². The number of hydrogen-bond donors (Lipinski definition) is 1. The first-order chi connectivity index (χ1) is 5.75. The van der Waals surface area contributed by atoms with Crippen molar-refractivity contribution in [3.8, 4) is 0 Å². The molecule has 1 aromatic carbocycles. The molecule has 2 heteroatoms. The van der Waals surface area contributed by atoms with Gasteiger partial charge in [-0.05, 0) is 29.7 Å². The van der Waals surface area contributed by atoms with Crippen molar-refractivity contribution in [2.45, 2.75) is 12.5 Å². The number of benzene rings is 1. The van der Waals surface area contributed by atoms with Crippen molar-refractivity contribution in [2.75, 3.05) is 0 Å². The molecule has 0 bridgehead atoms. The van der Waals surface area contributed by atoms with Gasteiger partial charge in [0.15, 0.2) is 0 Å². The zero-order valence-electron chi connectivity index (χ0n) is 6.63. The van der Waals surface area contributed by atoms with Gasteiger partial charge in [0.25, 0.3) is 0 Å². The van der Waals surface area contributed by atoms with Gasteiger partial charge >= 0.3 is 0 Å². The lowest BCUT2D eigenvalue weighted by Gasteiger charge is -2.15. The number of halogens is 1. The normalized spacial score (nSPS) is 20.7. The number of rotatable bonds is 0. The minimum absolute atomic E-state index is 0.165. The second-order valence-corrected chi connectivity index (χ2v) is 3.51. The maximum Gasteiger partial charge on any atom is 0.0412 e. The van der Waals surface area contributed by atoms with E-state index in [-0.39, 0.29) is 6.04 Å². The van der Waals surface area contributed by atoms with Crippen LogP contribution in [0.25, 0.3) is 6.08 Å². The Hall–Kier alpha value is -0.790. The van der Waals surface area contributed by atoms with Crippen LogP contribution in [0.1, 0.15) is 11.1 Å². The third-order valence-corrected chi connectivity index (χ3v) is 2.32. The molecule has 12 heavy (non-hydrogen) atoms. The maximum atomic E-state index is 5.85. The van der Waals surface area contributed by atoms with E-state index in [1.165, 1.54) is 11.1 Å². The molecule has 0 aliphatic heterocycles. The molecule has 1 aromatic rings. The Kier molecular flexibility index (Phi) is 1.91. The fourth-order valence-corrected chi connectivity index (χ4v) is 1.64. The van der Waals surface area contributed by atoms with Gasteiger partial charge in [-0.3, -0.25) is 0 Å². The molecule has 1 aliphatic carbocycles. The molecule has 2 rings (SSSR count). The van der Waals surface area contributed by atoms with E-state index < -0.39 is 0 Å². The molecular weight excluding hydrogens is 170 g/mol. The maximum absolute atomic E-state index is 5.85. The molecule has 0 amide bonds. The van der Waals surface area contributed by atoms with E-state index in [9.17, 15) is 0 Å². The van der Waals surface area contributed by atoms with Crippen molar-refractivity contribution in [2.24, 2.45) is 5.73 Å². The van der Waals surface area contributed by atoms with Crippen LogP contribution in [-0.4, -0.2) is 6.04 Å². The fraction of sp³-hybridized carbons (Fsp3) is 0.200. The van der Waals surface area contributed by atoms with Gasteiger partial charge < -0.3 is 5.73 Å². The molecule has 0 fully saturated rings. The monoisotopic (exact) mass is 179 g/mol. The molecular formula is C10H10ClN. The Bertz CT molecular complexity index is 331. The summed E-state index contributed by atoms with van der Waals surface area (Å²) in [5.41, 5.74) is 8.25. The summed E-state index contributed by atoms with van der Waals surface area (Å²) in [5.74, 6) is 0. The van der Waals surface area contributed by atoms with E-state index in [0.29, 0.717) is 0 Å². The molecule has 0 aromatic heterocycles. The summed E-state index contributed by atoms with van der Waals surface area (Å²) in [6.07, 6.45) is 4.97. The summed E-state index contributed by atoms with van der Waals surface area (Å²) in [7, 11) is 0. The zero-order chi connectivity index (χ0) is 8.55. The second-order valence-electron chi connectivity index (χ2n) is 3.07. The van der Waals surface area contributed by atoms with Gasteiger partial charge in [0, 0.05) is 11.1 Å². The van der Waals surface area contributed by atoms with Crippen molar-refractivity contribution in [3.63, 3.8) is 0 Å². The Morgan fingerprint density at radius 2 is 2.25 bits per heavy atom. The molecule has 0 spiro atoms. The van der Waals surface area contributed by atoms with Crippen LogP contribution >= 0.6 is 11.6 Å². The lowest BCUT2D eigenvalue weighted by Crippen LogP contribution is -2.22. The van der Waals surface area contributed by atoms with Gasteiger partial charge in [-0.1, -0.05) is 29.8 Å². The molecule has 0 saturated heterocycles. The smallest absolute Gasteiger partial charge is 0.0412 e. The zero-order valence-corrected chi connectivity index (χ0v) is 7.38. The minimum Gasteiger partial charge on any atom is -0.324 e. The van der Waals surface area contributed by atoms with Gasteiger partial charge in [-0.25, -0.2) is 0 Å². The number of hydrogen-bond acceptors (Lipinski definition) is 1. The number of nitrogens with two attached hydrogens (primary N) is 1. The van der Waals surface area contributed by atoms with E-state index >= 15 is 0 Å². The first-order valence-electron chi connectivity index (χ1n) is 3.98. The molecule has 0 radical (unpaired) electrons. The highest BCUT2D eigenvalue weighted by molar-refractivity contribution is 6.30. The summed E-state index contributed by atoms with van der Waals surface area (Å²) in [6, 6.07) is 6.09. The molecule has 2 N–H and O–H groups in total. The lowest BCUT2D eigenvalue weighted by atomic mass is 9.95. The van der Waals surface area contributed by atoms with Crippen molar-refractivity contribution < 1.29 is 0 Å². The van der Waals surface area contributed by atoms with E-state index in [0.717, 1.165) is 11.4 Å². The summed E-state index contributed by atoms with van der Waals surface area (Å²) in [4.78, 5) is 0. The van der Waals surface area contributed by atoms with Crippen molar-refractivity contribution in [3.05, 3.63) is 40.4 Å². The molecule has 0 saturated carbocycles. The fourth-order valence-electron chi connectivity index (χ4n) is 1.46. The lowest BCUT2D eigenvalue weighted by molar-refractivity contribution is 0.802. The van der Waals surface area contributed by atoms with E-state index in [1.54, 1.807) is 0 Å². The summed E-state index contributed by atoms with van der Waals surface area (Å²) < 4.78 is 0. The van der Waals surface area contributed by atoms with Crippen LogP contribution in [0.4, 0.5) is 0 Å². The van der Waals surface area contributed by atoms with Crippen LogP contribution in [0.5, 0.6) is 0 Å². The predicted molar refractivity (Wildman–Crippen MR) is 52.2 cm³/mol. The minimum atomic E-state index is 0.165. The Morgan fingerprint density at radius 3 is 3.08 bits per heavy atom. The quantitative estimate of drug-likeness (QED) is 0.650. The molecule has 62 valence electrons. The van der Waals surface area contributed by atoms with Gasteiger partial charge in [-0.2, -0.15) is 0 Å². The van der Waals surface area contributed by atoms with Crippen molar-refractivity contribution in [1.29, 1.82) is 0 Å². The topological polar surface area (TPSA) is 26.0 Å². The van der Waals surface area contributed by atoms with Crippen LogP contribution in [0.3, 0.4) is 0 Å². The third kappa shape index (κ3) is 1.38. The third-order valence-electron chi connectivity index (χ3n) is 2.09. The molecule has 1 aliphatic rings. The predicted octanol–water partition coefficient (Wildman–Crippen LogP) is 2.24. The average Bonchev–Trinajstić information content (AvgIpc) is 2.05. The SMILES string of the molecule is NC1C=Cc2cc(Cl)ccc2C1. The van der Waals surface area contributed by atoms with Gasteiger partial charge in [0.05, 0.1) is 0 Å². The highest BCUT2D eigenvalue weighted by atomic mass is 35.5. The van der Waals surface area contributed by atoms with Gasteiger partial charge in [0.2, 0.25) is 0 Å². The molecule has 0 heterocycles. The first-order valence-corrected chi connectivity index (χ1v) is 4.36. The van der Waals surface area contributed by atoms with E-state index in [2.05, 4.69) is 0 Å². The molecule has 1 atom stereocenters. The Balaban J connectivity index is 2.47. The largest absolute Gasteiger partial charge is 0.324 e. The van der Waals surface area contributed by atoms with Crippen LogP contribution in [0, 0.1) is 0 Å². The summed E-state index contributed by atoms with van der Waals surface area (Å²) in [6.45, 7) is 0. The van der Waals surface area contributed by atoms with Crippen LogP contribution in [0.15, 0.2) is 24.3 Å². The second kappa shape index (κ2) is 2.92. The Morgan fingerprint density at radius 1 is 1.42 bits per heavy atom. The van der Waals surface area contributed by atoms with Crippen molar-refractivity contribution >= 4 is 17.7 Å². The number of fused-ring (bicyclic) bond motifs is 1. The van der Waals surface area contributed by atoms with Crippen LogP contribution in [0.2, 0.25) is 5.02 Å². The Labute approximate surface area is 76.8 Å². The van der Waals surface area contributed by atoms with Crippen molar-refractivity contribution in [1.82, 2.24) is 0 Å². The van der Waals surface area contributed by atoms with Crippen LogP contribution in [-0.2, 0) is 6.42 Å². The van der Waals surface area contributed by atoms with Gasteiger partial charge in [0.1, 0.15) is 0 Å². The molecule has 1 unspecified atom stereocenters. The summed E-state index contributed by atoms with van der Waals surface area (Å²) in [5, 5.41) is 0.786. The highest BCUT2D eigenvalue weighted by Gasteiger charge is 2.09. The molecule has 1 nitrogen and oxygen atoms in total. The van der Waals surface area contributed by atoms with Gasteiger partial charge in [-0.15, -0.1) is 0 Å². The standard InChI is InChI=1S/C10H10ClN/c11-9-3-1-8-6-10(12)4-2-7(8)5-9/h1-5,10H,6,12H2. The summed E-state index contributed by atoms with van der Waals surface area (Å²) >= 11 is 5.85. The van der Waals surface area contributed by atoms with E-state index in [4.69, 9.17) is 17.3 Å². The average molecular weight is 180 g/mol. The van der Waals surface area contributed by atoms with E-state index in [1.807, 2.05) is 30.4 Å². The highest BCUT2D eigenvalue weighted by Crippen LogP contribution is 2.22.